The van der Waals surface area contributed by atoms with Crippen LogP contribution in [-0.2, 0) is 6.18 Å². The maximum atomic E-state index is 14.3. The van der Waals surface area contributed by atoms with E-state index in [0.29, 0.717) is 25.4 Å². The highest BCUT2D eigenvalue weighted by Crippen LogP contribution is 2.44. The Morgan fingerprint density at radius 3 is 2.45 bits per heavy atom. The van der Waals surface area contributed by atoms with Crippen molar-refractivity contribution >= 4 is 0 Å². The number of nitrogens with one attached hydrogen (secondary N) is 1. The van der Waals surface area contributed by atoms with E-state index in [1.807, 2.05) is 4.90 Å². The lowest BCUT2D eigenvalue weighted by Gasteiger charge is -2.36. The molecule has 6 heteroatoms. The molecule has 1 aliphatic heterocycles. The second-order valence-electron chi connectivity index (χ2n) is 6.18. The lowest BCUT2D eigenvalue weighted by Crippen LogP contribution is -2.45. The van der Waals surface area contributed by atoms with Crippen LogP contribution in [0.3, 0.4) is 0 Å². The van der Waals surface area contributed by atoms with Gasteiger partial charge >= 0.3 is 6.18 Å². The van der Waals surface area contributed by atoms with Crippen LogP contribution in [0.2, 0.25) is 0 Å². The summed E-state index contributed by atoms with van der Waals surface area (Å²) in [7, 11) is 0. The van der Waals surface area contributed by atoms with E-state index in [1.54, 1.807) is 0 Å². The molecule has 122 valence electrons. The van der Waals surface area contributed by atoms with Crippen LogP contribution in [0, 0.1) is 11.7 Å². The van der Waals surface area contributed by atoms with Crippen LogP contribution < -0.4 is 5.32 Å². The Balaban J connectivity index is 1.98. The third-order valence-corrected chi connectivity index (χ3v) is 4.54. The quantitative estimate of drug-likeness (QED) is 0.854. The molecule has 0 unspecified atom stereocenters. The van der Waals surface area contributed by atoms with Gasteiger partial charge in [-0.3, -0.25) is 4.90 Å². The summed E-state index contributed by atoms with van der Waals surface area (Å²) in [6.07, 6.45) is -1.83. The van der Waals surface area contributed by atoms with Gasteiger partial charge in [-0.05, 0) is 24.5 Å². The molecule has 22 heavy (non-hydrogen) atoms. The van der Waals surface area contributed by atoms with Gasteiger partial charge < -0.3 is 5.32 Å². The topological polar surface area (TPSA) is 15.3 Å². The minimum atomic E-state index is -4.52. The maximum Gasteiger partial charge on any atom is 0.416 e. The smallest absolute Gasteiger partial charge is 0.314 e. The number of benzene rings is 1. The second-order valence-corrected chi connectivity index (χ2v) is 6.18. The zero-order valence-electron chi connectivity index (χ0n) is 12.3. The Bertz CT molecular complexity index is 519. The number of nitrogens with zero attached hydrogens (tertiary/aromatic N) is 1. The van der Waals surface area contributed by atoms with Crippen molar-refractivity contribution in [2.75, 3.05) is 26.2 Å². The Hall–Kier alpha value is -1.14. The van der Waals surface area contributed by atoms with E-state index in [2.05, 4.69) is 5.32 Å². The fraction of sp³-hybridized carbons (Fsp3) is 0.625. The van der Waals surface area contributed by atoms with Gasteiger partial charge in [0.05, 0.1) is 5.56 Å². The number of halogens is 4. The highest BCUT2D eigenvalue weighted by Gasteiger charge is 2.40. The molecule has 1 saturated heterocycles. The standard InChI is InChI=1S/C16H20F4N2/c17-13-3-1-2-12(16(18,19)20)15(13)14(10-11-4-5-11)22-8-6-21-7-9-22/h1-3,11,14,21H,4-10H2/t14-/m1/s1. The van der Waals surface area contributed by atoms with Gasteiger partial charge in [0.2, 0.25) is 0 Å². The number of hydrogen-bond acceptors (Lipinski definition) is 2. The van der Waals surface area contributed by atoms with E-state index >= 15 is 0 Å². The number of piperazine rings is 1. The first kappa shape index (κ1) is 15.7. The summed E-state index contributed by atoms with van der Waals surface area (Å²) in [6, 6.07) is 2.81. The zero-order valence-corrected chi connectivity index (χ0v) is 12.3. The van der Waals surface area contributed by atoms with Gasteiger partial charge in [-0.15, -0.1) is 0 Å². The van der Waals surface area contributed by atoms with Gasteiger partial charge in [-0.1, -0.05) is 18.9 Å². The number of hydrogen-bond donors (Lipinski definition) is 1. The van der Waals surface area contributed by atoms with Gasteiger partial charge in [-0.25, -0.2) is 4.39 Å². The molecule has 2 aliphatic rings. The first-order valence-corrected chi connectivity index (χ1v) is 7.77. The van der Waals surface area contributed by atoms with Crippen LogP contribution in [0.25, 0.3) is 0 Å². The molecule has 0 aromatic heterocycles. The SMILES string of the molecule is Fc1cccc(C(F)(F)F)c1[C@@H](CC1CC1)N1CCNCC1. The first-order chi connectivity index (χ1) is 10.5. The summed E-state index contributed by atoms with van der Waals surface area (Å²) in [4.78, 5) is 2.00. The lowest BCUT2D eigenvalue weighted by atomic mass is 9.93. The molecule has 2 nitrogen and oxygen atoms in total. The van der Waals surface area contributed by atoms with Crippen molar-refractivity contribution in [3.05, 3.63) is 35.1 Å². The lowest BCUT2D eigenvalue weighted by molar-refractivity contribution is -0.139. The largest absolute Gasteiger partial charge is 0.416 e. The summed E-state index contributed by atoms with van der Waals surface area (Å²) >= 11 is 0. The minimum Gasteiger partial charge on any atom is -0.314 e. The summed E-state index contributed by atoms with van der Waals surface area (Å²) in [5.74, 6) is -0.306. The second kappa shape index (κ2) is 6.16. The molecule has 1 N–H and O–H groups in total. The highest BCUT2D eigenvalue weighted by molar-refractivity contribution is 5.34. The molecule has 2 fully saturated rings. The normalized spacial score (nSPS) is 21.8. The van der Waals surface area contributed by atoms with E-state index in [-0.39, 0.29) is 5.56 Å². The van der Waals surface area contributed by atoms with E-state index in [9.17, 15) is 17.6 Å². The van der Waals surface area contributed by atoms with Crippen molar-refractivity contribution in [1.82, 2.24) is 10.2 Å². The Morgan fingerprint density at radius 1 is 1.18 bits per heavy atom. The van der Waals surface area contributed by atoms with E-state index < -0.39 is 23.6 Å². The third-order valence-electron chi connectivity index (χ3n) is 4.54. The van der Waals surface area contributed by atoms with Gasteiger partial charge in [0.15, 0.2) is 0 Å². The van der Waals surface area contributed by atoms with Gasteiger partial charge in [0, 0.05) is 37.8 Å². The molecule has 1 saturated carbocycles. The van der Waals surface area contributed by atoms with Gasteiger partial charge in [0.1, 0.15) is 5.82 Å². The van der Waals surface area contributed by atoms with E-state index in [4.69, 9.17) is 0 Å². The Kier molecular flexibility index (Phi) is 4.41. The molecular formula is C16H20F4N2. The Morgan fingerprint density at radius 2 is 1.86 bits per heavy atom. The molecule has 0 spiro atoms. The number of rotatable bonds is 4. The van der Waals surface area contributed by atoms with Crippen molar-refractivity contribution in [1.29, 1.82) is 0 Å². The van der Waals surface area contributed by atoms with Gasteiger partial charge in [-0.2, -0.15) is 13.2 Å². The molecule has 1 heterocycles. The monoisotopic (exact) mass is 316 g/mol. The van der Waals surface area contributed by atoms with Crippen LogP contribution in [0.4, 0.5) is 17.6 Å². The maximum absolute atomic E-state index is 14.3. The fourth-order valence-corrected chi connectivity index (χ4v) is 3.24. The van der Waals surface area contributed by atoms with Crippen molar-refractivity contribution in [2.24, 2.45) is 5.92 Å². The fourth-order valence-electron chi connectivity index (χ4n) is 3.24. The average molecular weight is 316 g/mol. The van der Waals surface area contributed by atoms with Crippen LogP contribution in [0.1, 0.15) is 36.4 Å². The molecule has 0 amide bonds. The summed E-state index contributed by atoms with van der Waals surface area (Å²) in [5, 5.41) is 3.19. The molecule has 3 rings (SSSR count). The molecule has 1 aromatic rings. The van der Waals surface area contributed by atoms with E-state index in [1.165, 1.54) is 0 Å². The van der Waals surface area contributed by atoms with Crippen molar-refractivity contribution in [3.8, 4) is 0 Å². The molecule has 1 atom stereocenters. The van der Waals surface area contributed by atoms with Crippen molar-refractivity contribution in [3.63, 3.8) is 0 Å². The van der Waals surface area contributed by atoms with Crippen molar-refractivity contribution in [2.45, 2.75) is 31.5 Å². The van der Waals surface area contributed by atoms with Crippen molar-refractivity contribution < 1.29 is 17.6 Å². The zero-order chi connectivity index (χ0) is 15.7. The van der Waals surface area contributed by atoms with Crippen LogP contribution in [-0.4, -0.2) is 31.1 Å². The molecule has 1 aliphatic carbocycles. The predicted octanol–water partition coefficient (Wildman–Crippen LogP) is 3.59. The highest BCUT2D eigenvalue weighted by atomic mass is 19.4. The van der Waals surface area contributed by atoms with Crippen LogP contribution >= 0.6 is 0 Å². The van der Waals surface area contributed by atoms with E-state index in [0.717, 1.165) is 44.1 Å². The third kappa shape index (κ3) is 3.43. The molecule has 1 aromatic carbocycles. The first-order valence-electron chi connectivity index (χ1n) is 7.77. The predicted molar refractivity (Wildman–Crippen MR) is 75.9 cm³/mol. The average Bonchev–Trinajstić information content (AvgIpc) is 3.29. The molecule has 0 radical (unpaired) electrons. The molecular weight excluding hydrogens is 296 g/mol. The Labute approximate surface area is 127 Å². The minimum absolute atomic E-state index is 0.163. The summed E-state index contributed by atoms with van der Waals surface area (Å²) < 4.78 is 54.2. The number of alkyl halides is 3. The summed E-state index contributed by atoms with van der Waals surface area (Å²) in [5.41, 5.74) is -0.986. The van der Waals surface area contributed by atoms with Gasteiger partial charge in [0.25, 0.3) is 0 Å². The van der Waals surface area contributed by atoms with Crippen LogP contribution in [0.15, 0.2) is 18.2 Å². The van der Waals surface area contributed by atoms with Crippen LogP contribution in [0.5, 0.6) is 0 Å². The summed E-state index contributed by atoms with van der Waals surface area (Å²) in [6.45, 7) is 2.78. The molecule has 0 bridgehead atoms.